The smallest absolute Gasteiger partial charge is 0.229 e. The van der Waals surface area contributed by atoms with E-state index in [1.807, 2.05) is 13.8 Å². The van der Waals surface area contributed by atoms with Gasteiger partial charge in [0.05, 0.1) is 5.92 Å². The number of benzene rings is 1. The molecule has 0 aromatic heterocycles. The van der Waals surface area contributed by atoms with Crippen molar-refractivity contribution in [1.29, 1.82) is 0 Å². The van der Waals surface area contributed by atoms with Crippen molar-refractivity contribution in [3.63, 3.8) is 0 Å². The zero-order valence-electron chi connectivity index (χ0n) is 11.1. The number of amides is 2. The van der Waals surface area contributed by atoms with E-state index in [1.54, 1.807) is 23.1 Å². The van der Waals surface area contributed by atoms with E-state index in [2.05, 4.69) is 5.32 Å². The molecule has 102 valence electrons. The number of rotatable bonds is 3. The van der Waals surface area contributed by atoms with Gasteiger partial charge in [-0.15, -0.1) is 0 Å². The molecule has 1 aliphatic rings. The minimum Gasteiger partial charge on any atom is -0.342 e. The van der Waals surface area contributed by atoms with Crippen molar-refractivity contribution >= 4 is 29.1 Å². The number of anilines is 1. The van der Waals surface area contributed by atoms with Crippen LogP contribution in [0.15, 0.2) is 18.2 Å². The van der Waals surface area contributed by atoms with E-state index in [4.69, 9.17) is 11.6 Å². The highest BCUT2D eigenvalue weighted by Crippen LogP contribution is 2.23. The number of aryl methyl sites for hydroxylation is 1. The van der Waals surface area contributed by atoms with Crippen molar-refractivity contribution in [2.24, 2.45) is 5.92 Å². The molecule has 1 aromatic carbocycles. The van der Waals surface area contributed by atoms with Gasteiger partial charge in [-0.3, -0.25) is 9.59 Å². The predicted octanol–water partition coefficient (Wildman–Crippen LogP) is 2.46. The normalized spacial score (nSPS) is 18.8. The van der Waals surface area contributed by atoms with Crippen LogP contribution in [-0.4, -0.2) is 29.8 Å². The molecular weight excluding hydrogens is 264 g/mol. The highest BCUT2D eigenvalue weighted by molar-refractivity contribution is 6.30. The molecule has 1 heterocycles. The molecule has 0 radical (unpaired) electrons. The second-order valence-electron chi connectivity index (χ2n) is 4.78. The molecule has 1 unspecified atom stereocenters. The topological polar surface area (TPSA) is 49.4 Å². The molecule has 0 saturated carbocycles. The largest absolute Gasteiger partial charge is 0.342 e. The summed E-state index contributed by atoms with van der Waals surface area (Å²) < 4.78 is 0. The first-order valence-electron chi connectivity index (χ1n) is 6.36. The molecule has 2 rings (SSSR count). The fourth-order valence-corrected chi connectivity index (χ4v) is 2.48. The molecule has 1 aliphatic heterocycles. The van der Waals surface area contributed by atoms with E-state index in [0.29, 0.717) is 24.5 Å². The van der Waals surface area contributed by atoms with Gasteiger partial charge in [0.25, 0.3) is 0 Å². The molecule has 5 heteroatoms. The average Bonchev–Trinajstić information content (AvgIpc) is 2.74. The zero-order valence-corrected chi connectivity index (χ0v) is 11.8. The van der Waals surface area contributed by atoms with Gasteiger partial charge in [-0.1, -0.05) is 11.6 Å². The van der Waals surface area contributed by atoms with Gasteiger partial charge in [0.2, 0.25) is 11.8 Å². The molecule has 0 spiro atoms. The lowest BCUT2D eigenvalue weighted by Crippen LogP contribution is -2.28. The van der Waals surface area contributed by atoms with E-state index >= 15 is 0 Å². The van der Waals surface area contributed by atoms with Crippen molar-refractivity contribution in [2.75, 3.05) is 18.4 Å². The van der Waals surface area contributed by atoms with E-state index in [0.717, 1.165) is 11.3 Å². The van der Waals surface area contributed by atoms with Gasteiger partial charge in [-0.05, 0) is 37.6 Å². The van der Waals surface area contributed by atoms with Crippen molar-refractivity contribution in [3.05, 3.63) is 28.8 Å². The molecule has 1 fully saturated rings. The Hall–Kier alpha value is -1.55. The Morgan fingerprint density at radius 3 is 2.84 bits per heavy atom. The molecule has 19 heavy (non-hydrogen) atoms. The summed E-state index contributed by atoms with van der Waals surface area (Å²) in [5.41, 5.74) is 1.66. The van der Waals surface area contributed by atoms with Crippen LogP contribution in [0.4, 0.5) is 5.69 Å². The van der Waals surface area contributed by atoms with Gasteiger partial charge < -0.3 is 10.2 Å². The highest BCUT2D eigenvalue weighted by Gasteiger charge is 2.33. The monoisotopic (exact) mass is 280 g/mol. The summed E-state index contributed by atoms with van der Waals surface area (Å²) in [6, 6.07) is 5.32. The number of halogens is 1. The molecule has 2 amide bonds. The molecule has 4 nitrogen and oxygen atoms in total. The van der Waals surface area contributed by atoms with Crippen molar-refractivity contribution in [1.82, 2.24) is 4.90 Å². The standard InChI is InChI=1S/C14H17ClN2O2/c1-3-17-8-10(7-13(17)18)14(19)16-12-5-4-11(15)6-9(12)2/h4-6,10H,3,7-8H2,1-2H3,(H,16,19). The van der Waals surface area contributed by atoms with Crippen LogP contribution < -0.4 is 5.32 Å². The van der Waals surface area contributed by atoms with Gasteiger partial charge in [0.1, 0.15) is 0 Å². The van der Waals surface area contributed by atoms with Crippen LogP contribution in [0.3, 0.4) is 0 Å². The Kier molecular flexibility index (Phi) is 4.10. The van der Waals surface area contributed by atoms with Gasteiger partial charge in [-0.25, -0.2) is 0 Å². The summed E-state index contributed by atoms with van der Waals surface area (Å²) in [5, 5.41) is 3.51. The van der Waals surface area contributed by atoms with Gasteiger partial charge >= 0.3 is 0 Å². The van der Waals surface area contributed by atoms with Crippen LogP contribution in [-0.2, 0) is 9.59 Å². The minimum atomic E-state index is -0.262. The lowest BCUT2D eigenvalue weighted by atomic mass is 10.1. The second-order valence-corrected chi connectivity index (χ2v) is 5.22. The van der Waals surface area contributed by atoms with Gasteiger partial charge in [0, 0.05) is 30.2 Å². The number of nitrogens with zero attached hydrogens (tertiary/aromatic N) is 1. The lowest BCUT2D eigenvalue weighted by Gasteiger charge is -2.14. The predicted molar refractivity (Wildman–Crippen MR) is 75.2 cm³/mol. The number of nitrogens with one attached hydrogen (secondary N) is 1. The maximum absolute atomic E-state index is 12.1. The van der Waals surface area contributed by atoms with Crippen LogP contribution in [0.1, 0.15) is 18.9 Å². The van der Waals surface area contributed by atoms with Gasteiger partial charge in [0.15, 0.2) is 0 Å². The van der Waals surface area contributed by atoms with E-state index in [9.17, 15) is 9.59 Å². The van der Waals surface area contributed by atoms with Crippen LogP contribution in [0.2, 0.25) is 5.02 Å². The summed E-state index contributed by atoms with van der Waals surface area (Å²) in [5.74, 6) is -0.312. The van der Waals surface area contributed by atoms with Crippen molar-refractivity contribution in [2.45, 2.75) is 20.3 Å². The summed E-state index contributed by atoms with van der Waals surface area (Å²) in [4.78, 5) is 25.5. The quantitative estimate of drug-likeness (QED) is 0.925. The van der Waals surface area contributed by atoms with Gasteiger partial charge in [-0.2, -0.15) is 0 Å². The number of carbonyl (C=O) groups excluding carboxylic acids is 2. The number of likely N-dealkylation sites (tertiary alicyclic amines) is 1. The third-order valence-electron chi connectivity index (χ3n) is 3.41. The fourth-order valence-electron chi connectivity index (χ4n) is 2.26. The Bertz CT molecular complexity index is 516. The minimum absolute atomic E-state index is 0.0514. The zero-order chi connectivity index (χ0) is 14.0. The van der Waals surface area contributed by atoms with E-state index in [1.165, 1.54) is 0 Å². The molecule has 1 aromatic rings. The second kappa shape index (κ2) is 5.61. The van der Waals surface area contributed by atoms with Crippen molar-refractivity contribution in [3.8, 4) is 0 Å². The van der Waals surface area contributed by atoms with Crippen LogP contribution in [0.5, 0.6) is 0 Å². The number of carbonyl (C=O) groups is 2. The van der Waals surface area contributed by atoms with E-state index in [-0.39, 0.29) is 17.7 Å². The van der Waals surface area contributed by atoms with E-state index < -0.39 is 0 Å². The fraction of sp³-hybridized carbons (Fsp3) is 0.429. The molecule has 1 atom stereocenters. The summed E-state index contributed by atoms with van der Waals surface area (Å²) in [6.07, 6.45) is 0.298. The summed E-state index contributed by atoms with van der Waals surface area (Å²) >= 11 is 5.87. The maximum atomic E-state index is 12.1. The third kappa shape index (κ3) is 3.07. The molecule has 1 saturated heterocycles. The van der Waals surface area contributed by atoms with Crippen LogP contribution in [0.25, 0.3) is 0 Å². The van der Waals surface area contributed by atoms with Crippen LogP contribution in [0, 0.1) is 12.8 Å². The summed E-state index contributed by atoms with van der Waals surface area (Å²) in [7, 11) is 0. The Labute approximate surface area is 117 Å². The SMILES string of the molecule is CCN1CC(C(=O)Nc2ccc(Cl)cc2C)CC1=O. The molecule has 0 aliphatic carbocycles. The third-order valence-corrected chi connectivity index (χ3v) is 3.65. The molecular formula is C14H17ClN2O2. The first-order valence-corrected chi connectivity index (χ1v) is 6.74. The molecule has 1 N–H and O–H groups in total. The Balaban J connectivity index is 2.04. The number of hydrogen-bond donors (Lipinski definition) is 1. The lowest BCUT2D eigenvalue weighted by molar-refractivity contribution is -0.128. The summed E-state index contributed by atoms with van der Waals surface area (Å²) in [6.45, 7) is 4.97. The first kappa shape index (κ1) is 13.9. The highest BCUT2D eigenvalue weighted by atomic mass is 35.5. The maximum Gasteiger partial charge on any atom is 0.229 e. The van der Waals surface area contributed by atoms with Crippen LogP contribution >= 0.6 is 11.6 Å². The Morgan fingerprint density at radius 2 is 2.26 bits per heavy atom. The number of hydrogen-bond acceptors (Lipinski definition) is 2. The van der Waals surface area contributed by atoms with Crippen molar-refractivity contribution < 1.29 is 9.59 Å². The first-order chi connectivity index (χ1) is 9.01. The Morgan fingerprint density at radius 1 is 1.53 bits per heavy atom. The molecule has 0 bridgehead atoms. The average molecular weight is 281 g/mol.